The molecule has 1 aliphatic heterocycles. The lowest BCUT2D eigenvalue weighted by Gasteiger charge is -2.40. The molecule has 2 rings (SSSR count). The van der Waals surface area contributed by atoms with Crippen molar-refractivity contribution in [2.24, 2.45) is 17.6 Å². The number of carbonyl (C=O) groups excluding carboxylic acids is 1. The number of nitrogens with zero attached hydrogens (tertiary/aromatic N) is 1. The van der Waals surface area contributed by atoms with E-state index in [4.69, 9.17) is 5.73 Å². The molecule has 2 aliphatic rings. The average Bonchev–Trinajstić information content (AvgIpc) is 2.29. The van der Waals surface area contributed by atoms with Crippen molar-refractivity contribution in [2.45, 2.75) is 45.1 Å². The lowest BCUT2D eigenvalue weighted by molar-refractivity contribution is -0.143. The van der Waals surface area contributed by atoms with Gasteiger partial charge in [0.25, 0.3) is 0 Å². The molecule has 15 heavy (non-hydrogen) atoms. The summed E-state index contributed by atoms with van der Waals surface area (Å²) >= 11 is 0. The number of nitrogens with two attached hydrogens (primary N) is 1. The maximum atomic E-state index is 11.4. The summed E-state index contributed by atoms with van der Waals surface area (Å²) in [6, 6.07) is -0.197. The first-order chi connectivity index (χ1) is 7.20. The van der Waals surface area contributed by atoms with E-state index in [-0.39, 0.29) is 11.9 Å². The molecule has 2 N–H and O–H groups in total. The first-order valence-electron chi connectivity index (χ1n) is 6.25. The molecular weight excluding hydrogens is 188 g/mol. The van der Waals surface area contributed by atoms with Crippen molar-refractivity contribution in [3.05, 3.63) is 0 Å². The van der Waals surface area contributed by atoms with Crippen molar-refractivity contribution in [3.8, 4) is 0 Å². The third-order valence-electron chi connectivity index (χ3n) is 4.07. The second-order valence-corrected chi connectivity index (χ2v) is 5.14. The van der Waals surface area contributed by atoms with E-state index in [2.05, 4.69) is 6.92 Å². The molecule has 2 fully saturated rings. The first kappa shape index (κ1) is 10.9. The maximum Gasteiger partial charge on any atom is 0.241 e. The summed E-state index contributed by atoms with van der Waals surface area (Å²) in [5.74, 6) is 1.84. The predicted octanol–water partition coefficient (Wildman–Crippen LogP) is 1.37. The largest absolute Gasteiger partial charge is 0.339 e. The van der Waals surface area contributed by atoms with Crippen molar-refractivity contribution in [1.82, 2.24) is 4.90 Å². The van der Waals surface area contributed by atoms with Gasteiger partial charge in [0, 0.05) is 13.1 Å². The lowest BCUT2D eigenvalue weighted by atomic mass is 9.80. The van der Waals surface area contributed by atoms with Crippen LogP contribution in [0.25, 0.3) is 0 Å². The molecule has 1 atom stereocenters. The van der Waals surface area contributed by atoms with E-state index in [0.717, 1.165) is 24.9 Å². The number of β-lactam (4-membered cyclic amide) rings is 1. The highest BCUT2D eigenvalue weighted by Crippen LogP contribution is 2.31. The summed E-state index contributed by atoms with van der Waals surface area (Å²) in [5.41, 5.74) is 5.57. The van der Waals surface area contributed by atoms with E-state index < -0.39 is 0 Å². The van der Waals surface area contributed by atoms with Gasteiger partial charge in [-0.25, -0.2) is 0 Å². The minimum absolute atomic E-state index is 0.160. The van der Waals surface area contributed by atoms with Crippen LogP contribution in [0, 0.1) is 11.8 Å². The van der Waals surface area contributed by atoms with E-state index in [1.165, 1.54) is 32.1 Å². The third-order valence-corrected chi connectivity index (χ3v) is 4.07. The zero-order valence-electron chi connectivity index (χ0n) is 9.61. The SMILES string of the molecule is CCC1CCC(CN2CC(N)C2=O)CC1. The zero-order chi connectivity index (χ0) is 10.8. The molecule has 3 nitrogen and oxygen atoms in total. The van der Waals surface area contributed by atoms with Crippen LogP contribution in [-0.4, -0.2) is 29.9 Å². The second-order valence-electron chi connectivity index (χ2n) is 5.14. The standard InChI is InChI=1S/C12H22N2O/c1-2-9-3-5-10(6-4-9)7-14-8-11(13)12(14)15/h9-11H,2-8,13H2,1H3. The summed E-state index contributed by atoms with van der Waals surface area (Å²) in [7, 11) is 0. The number of carbonyl (C=O) groups is 1. The van der Waals surface area contributed by atoms with Crippen molar-refractivity contribution >= 4 is 5.91 Å². The molecular formula is C12H22N2O. The Balaban J connectivity index is 1.71. The van der Waals surface area contributed by atoms with Crippen LogP contribution in [0.3, 0.4) is 0 Å². The molecule has 0 aromatic carbocycles. The molecule has 1 aliphatic carbocycles. The van der Waals surface area contributed by atoms with Gasteiger partial charge in [0.1, 0.15) is 6.04 Å². The summed E-state index contributed by atoms with van der Waals surface area (Å²) in [6.45, 7) is 4.03. The Morgan fingerprint density at radius 3 is 2.33 bits per heavy atom. The van der Waals surface area contributed by atoms with Gasteiger partial charge >= 0.3 is 0 Å². The van der Waals surface area contributed by atoms with Gasteiger partial charge in [0.05, 0.1) is 0 Å². The van der Waals surface area contributed by atoms with Gasteiger partial charge in [-0.3, -0.25) is 4.79 Å². The lowest BCUT2D eigenvalue weighted by Crippen LogP contribution is -2.61. The highest BCUT2D eigenvalue weighted by molar-refractivity contribution is 5.87. The van der Waals surface area contributed by atoms with Crippen LogP contribution in [0.5, 0.6) is 0 Å². The Morgan fingerprint density at radius 1 is 1.27 bits per heavy atom. The van der Waals surface area contributed by atoms with E-state index in [1.54, 1.807) is 0 Å². The maximum absolute atomic E-state index is 11.4. The van der Waals surface area contributed by atoms with Crippen LogP contribution >= 0.6 is 0 Å². The molecule has 1 heterocycles. The van der Waals surface area contributed by atoms with Crippen LogP contribution in [-0.2, 0) is 4.79 Å². The second kappa shape index (κ2) is 4.52. The van der Waals surface area contributed by atoms with Crippen molar-refractivity contribution in [3.63, 3.8) is 0 Å². The first-order valence-corrected chi connectivity index (χ1v) is 6.25. The molecule has 0 radical (unpaired) electrons. The van der Waals surface area contributed by atoms with Crippen LogP contribution in [0.4, 0.5) is 0 Å². The Hall–Kier alpha value is -0.570. The van der Waals surface area contributed by atoms with E-state index in [1.807, 2.05) is 4.90 Å². The fourth-order valence-electron chi connectivity index (χ4n) is 2.83. The van der Waals surface area contributed by atoms with Gasteiger partial charge in [0.2, 0.25) is 5.91 Å². The number of hydrogen-bond acceptors (Lipinski definition) is 2. The number of hydrogen-bond donors (Lipinski definition) is 1. The fourth-order valence-corrected chi connectivity index (χ4v) is 2.83. The highest BCUT2D eigenvalue weighted by Gasteiger charge is 2.35. The minimum atomic E-state index is -0.197. The van der Waals surface area contributed by atoms with E-state index in [9.17, 15) is 4.79 Å². The Bertz CT molecular complexity index is 234. The molecule has 1 saturated carbocycles. The number of likely N-dealkylation sites (tertiary alicyclic amines) is 1. The van der Waals surface area contributed by atoms with Gasteiger partial charge in [-0.05, 0) is 24.7 Å². The topological polar surface area (TPSA) is 46.3 Å². The zero-order valence-corrected chi connectivity index (χ0v) is 9.61. The monoisotopic (exact) mass is 210 g/mol. The summed E-state index contributed by atoms with van der Waals surface area (Å²) < 4.78 is 0. The predicted molar refractivity (Wildman–Crippen MR) is 60.3 cm³/mol. The van der Waals surface area contributed by atoms with Crippen LogP contribution < -0.4 is 5.73 Å². The molecule has 0 spiro atoms. The Labute approximate surface area is 92.0 Å². The number of amides is 1. The van der Waals surface area contributed by atoms with Crippen LogP contribution in [0.2, 0.25) is 0 Å². The molecule has 1 unspecified atom stereocenters. The molecule has 1 amide bonds. The third kappa shape index (κ3) is 2.33. The van der Waals surface area contributed by atoms with Gasteiger partial charge in [-0.2, -0.15) is 0 Å². The molecule has 0 aromatic rings. The van der Waals surface area contributed by atoms with Crippen molar-refractivity contribution in [1.29, 1.82) is 0 Å². The van der Waals surface area contributed by atoms with Gasteiger partial charge < -0.3 is 10.6 Å². The van der Waals surface area contributed by atoms with E-state index in [0.29, 0.717) is 0 Å². The minimum Gasteiger partial charge on any atom is -0.339 e. The Kier molecular flexibility index (Phi) is 3.29. The molecule has 0 bridgehead atoms. The molecule has 1 saturated heterocycles. The van der Waals surface area contributed by atoms with Crippen LogP contribution in [0.1, 0.15) is 39.0 Å². The summed E-state index contributed by atoms with van der Waals surface area (Å²) in [5, 5.41) is 0. The smallest absolute Gasteiger partial charge is 0.241 e. The van der Waals surface area contributed by atoms with Crippen LogP contribution in [0.15, 0.2) is 0 Å². The molecule has 3 heteroatoms. The normalized spacial score (nSPS) is 36.5. The Morgan fingerprint density at radius 2 is 1.87 bits per heavy atom. The van der Waals surface area contributed by atoms with Gasteiger partial charge in [0.15, 0.2) is 0 Å². The highest BCUT2D eigenvalue weighted by atomic mass is 16.2. The van der Waals surface area contributed by atoms with E-state index >= 15 is 0 Å². The van der Waals surface area contributed by atoms with Crippen molar-refractivity contribution < 1.29 is 4.79 Å². The number of rotatable bonds is 3. The van der Waals surface area contributed by atoms with Gasteiger partial charge in [-0.1, -0.05) is 26.2 Å². The van der Waals surface area contributed by atoms with Crippen molar-refractivity contribution in [2.75, 3.05) is 13.1 Å². The molecule has 0 aromatic heterocycles. The quantitative estimate of drug-likeness (QED) is 0.715. The summed E-state index contributed by atoms with van der Waals surface area (Å²) in [4.78, 5) is 13.3. The average molecular weight is 210 g/mol. The fraction of sp³-hybridized carbons (Fsp3) is 0.917. The molecule has 86 valence electrons. The van der Waals surface area contributed by atoms with Gasteiger partial charge in [-0.15, -0.1) is 0 Å². The summed E-state index contributed by atoms with van der Waals surface area (Å²) in [6.07, 6.45) is 6.64.